The molecule has 1 N–H and O–H groups in total. The fourth-order valence-electron chi connectivity index (χ4n) is 3.44. The van der Waals surface area contributed by atoms with E-state index in [0.29, 0.717) is 22.2 Å². The van der Waals surface area contributed by atoms with Crippen LogP contribution in [-0.2, 0) is 0 Å². The van der Waals surface area contributed by atoms with Crippen LogP contribution in [0.25, 0.3) is 22.2 Å². The van der Waals surface area contributed by atoms with E-state index in [2.05, 4.69) is 10.1 Å². The number of hydrogen-bond acceptors (Lipinski definition) is 4. The predicted molar refractivity (Wildman–Crippen MR) is 107 cm³/mol. The molecule has 1 atom stereocenters. The minimum absolute atomic E-state index is 0.0693. The standard InChI is InChI=1S/C22H17F4N3O2/c1-12-6-8-13(9-7-12)17-10-15(14-4-2-3-5-16(14)27-17)20(30)29-22(31,21(25)26)11-18(28-29)19(23)24/h2-10,19,21,31H,11H2,1H3/t22-/m0/s1. The van der Waals surface area contributed by atoms with Crippen molar-refractivity contribution in [3.8, 4) is 11.3 Å². The van der Waals surface area contributed by atoms with Crippen LogP contribution < -0.4 is 0 Å². The molecule has 1 aromatic heterocycles. The molecule has 4 rings (SSSR count). The normalized spacial score (nSPS) is 18.8. The number of nitrogens with zero attached hydrogens (tertiary/aromatic N) is 3. The molecule has 2 heterocycles. The Kier molecular flexibility index (Phi) is 5.22. The average molecular weight is 431 g/mol. The highest BCUT2D eigenvalue weighted by molar-refractivity contribution is 6.08. The van der Waals surface area contributed by atoms with Crippen molar-refractivity contribution in [3.63, 3.8) is 0 Å². The Bertz CT molecular complexity index is 1180. The zero-order chi connectivity index (χ0) is 22.3. The molecule has 1 aliphatic heterocycles. The number of rotatable bonds is 4. The summed E-state index contributed by atoms with van der Waals surface area (Å²) in [4.78, 5) is 17.8. The molecule has 1 amide bonds. The first kappa shape index (κ1) is 20.9. The first-order valence-corrected chi connectivity index (χ1v) is 9.38. The van der Waals surface area contributed by atoms with Gasteiger partial charge in [-0.05, 0) is 19.1 Å². The summed E-state index contributed by atoms with van der Waals surface area (Å²) in [6.45, 7) is 1.91. The Hall–Kier alpha value is -3.33. The minimum Gasteiger partial charge on any atom is -0.364 e. The van der Waals surface area contributed by atoms with Gasteiger partial charge in [-0.15, -0.1) is 0 Å². The van der Waals surface area contributed by atoms with Gasteiger partial charge in [0.1, 0.15) is 5.71 Å². The number of hydrazone groups is 1. The summed E-state index contributed by atoms with van der Waals surface area (Å²) >= 11 is 0. The fraction of sp³-hybridized carbons (Fsp3) is 0.227. The smallest absolute Gasteiger partial charge is 0.287 e. The van der Waals surface area contributed by atoms with Crippen molar-refractivity contribution < 1.29 is 27.5 Å². The van der Waals surface area contributed by atoms with Crippen LogP contribution in [0.5, 0.6) is 0 Å². The molecule has 0 fully saturated rings. The van der Waals surface area contributed by atoms with E-state index in [9.17, 15) is 27.5 Å². The molecular formula is C22H17F4N3O2. The summed E-state index contributed by atoms with van der Waals surface area (Å²) in [6.07, 6.45) is -7.82. The van der Waals surface area contributed by atoms with E-state index in [1.807, 2.05) is 19.1 Å². The topological polar surface area (TPSA) is 65.8 Å². The molecular weight excluding hydrogens is 414 g/mol. The molecule has 0 aliphatic carbocycles. The molecule has 0 spiro atoms. The van der Waals surface area contributed by atoms with Crippen LogP contribution >= 0.6 is 0 Å². The third-order valence-electron chi connectivity index (χ3n) is 5.12. The van der Waals surface area contributed by atoms with Gasteiger partial charge in [0.25, 0.3) is 18.8 Å². The van der Waals surface area contributed by atoms with E-state index in [-0.39, 0.29) is 10.6 Å². The molecule has 1 aliphatic rings. The number of aliphatic hydroxyl groups is 1. The summed E-state index contributed by atoms with van der Waals surface area (Å²) in [5.74, 6) is -1.12. The van der Waals surface area contributed by atoms with Crippen molar-refractivity contribution in [2.75, 3.05) is 0 Å². The van der Waals surface area contributed by atoms with Crippen LogP contribution in [0.4, 0.5) is 17.6 Å². The van der Waals surface area contributed by atoms with Crippen LogP contribution in [-0.4, -0.2) is 45.3 Å². The van der Waals surface area contributed by atoms with Crippen LogP contribution in [0, 0.1) is 6.92 Å². The van der Waals surface area contributed by atoms with Crippen LogP contribution in [0.2, 0.25) is 0 Å². The van der Waals surface area contributed by atoms with Gasteiger partial charge in [-0.2, -0.15) is 10.1 Å². The third kappa shape index (κ3) is 3.65. The number of pyridine rings is 1. The predicted octanol–water partition coefficient (Wildman–Crippen LogP) is 4.63. The SMILES string of the molecule is Cc1ccc(-c2cc(C(=O)N3N=C(C(F)F)C[C@]3(O)C(F)F)c3ccccc3n2)cc1. The number of alkyl halides is 4. The average Bonchev–Trinajstić information content (AvgIpc) is 3.12. The zero-order valence-corrected chi connectivity index (χ0v) is 16.3. The quantitative estimate of drug-likeness (QED) is 0.613. The molecule has 5 nitrogen and oxygen atoms in total. The zero-order valence-electron chi connectivity index (χ0n) is 16.3. The van der Waals surface area contributed by atoms with Gasteiger partial charge in [-0.25, -0.2) is 22.5 Å². The van der Waals surface area contributed by atoms with E-state index in [0.717, 1.165) is 5.56 Å². The maximum absolute atomic E-state index is 13.6. The van der Waals surface area contributed by atoms with Crippen molar-refractivity contribution in [1.29, 1.82) is 0 Å². The molecule has 3 aromatic rings. The third-order valence-corrected chi connectivity index (χ3v) is 5.12. The number of fused-ring (bicyclic) bond motifs is 1. The van der Waals surface area contributed by atoms with Crippen molar-refractivity contribution in [2.45, 2.75) is 31.9 Å². The molecule has 0 bridgehead atoms. The van der Waals surface area contributed by atoms with E-state index < -0.39 is 36.6 Å². The van der Waals surface area contributed by atoms with Crippen LogP contribution in [0.15, 0.2) is 59.7 Å². The maximum atomic E-state index is 13.6. The molecule has 31 heavy (non-hydrogen) atoms. The Labute approximate surface area is 174 Å². The largest absolute Gasteiger partial charge is 0.364 e. The van der Waals surface area contributed by atoms with E-state index in [1.54, 1.807) is 36.4 Å². The number of aryl methyl sites for hydroxylation is 1. The highest BCUT2D eigenvalue weighted by Crippen LogP contribution is 2.36. The second kappa shape index (κ2) is 7.73. The number of carbonyl (C=O) groups is 1. The molecule has 0 radical (unpaired) electrons. The van der Waals surface area contributed by atoms with Gasteiger partial charge in [0.2, 0.25) is 5.72 Å². The van der Waals surface area contributed by atoms with Crippen molar-refractivity contribution >= 4 is 22.5 Å². The first-order valence-electron chi connectivity index (χ1n) is 9.38. The first-order chi connectivity index (χ1) is 14.7. The summed E-state index contributed by atoms with van der Waals surface area (Å²) in [5.41, 5.74) is -1.74. The highest BCUT2D eigenvalue weighted by atomic mass is 19.3. The van der Waals surface area contributed by atoms with Gasteiger partial charge < -0.3 is 5.11 Å². The number of hydrogen-bond donors (Lipinski definition) is 1. The summed E-state index contributed by atoms with van der Waals surface area (Å²) in [6, 6.07) is 15.2. The van der Waals surface area contributed by atoms with E-state index in [4.69, 9.17) is 0 Å². The Morgan fingerprint density at radius 3 is 2.42 bits per heavy atom. The molecule has 0 saturated carbocycles. The Morgan fingerprint density at radius 2 is 1.77 bits per heavy atom. The fourth-order valence-corrected chi connectivity index (χ4v) is 3.44. The molecule has 0 saturated heterocycles. The number of carbonyl (C=O) groups excluding carboxylic acids is 1. The lowest BCUT2D eigenvalue weighted by atomic mass is 10.0. The highest BCUT2D eigenvalue weighted by Gasteiger charge is 2.53. The van der Waals surface area contributed by atoms with Gasteiger partial charge in [0.05, 0.1) is 16.8 Å². The number of para-hydroxylation sites is 1. The van der Waals surface area contributed by atoms with Crippen LogP contribution in [0.3, 0.4) is 0 Å². The second-order valence-electron chi connectivity index (χ2n) is 7.30. The lowest BCUT2D eigenvalue weighted by Gasteiger charge is -2.30. The molecule has 9 heteroatoms. The summed E-state index contributed by atoms with van der Waals surface area (Å²) in [5, 5.41) is 14.1. The number of benzene rings is 2. The van der Waals surface area contributed by atoms with Gasteiger partial charge in [-0.1, -0.05) is 48.0 Å². The van der Waals surface area contributed by atoms with Crippen molar-refractivity contribution in [2.24, 2.45) is 5.10 Å². The lowest BCUT2D eigenvalue weighted by Crippen LogP contribution is -2.51. The van der Waals surface area contributed by atoms with Gasteiger partial charge in [0, 0.05) is 17.4 Å². The van der Waals surface area contributed by atoms with Crippen molar-refractivity contribution in [1.82, 2.24) is 9.99 Å². The number of amides is 1. The van der Waals surface area contributed by atoms with E-state index in [1.165, 1.54) is 6.07 Å². The molecule has 160 valence electrons. The molecule has 0 unspecified atom stereocenters. The van der Waals surface area contributed by atoms with E-state index >= 15 is 0 Å². The van der Waals surface area contributed by atoms with Crippen LogP contribution in [0.1, 0.15) is 22.3 Å². The lowest BCUT2D eigenvalue weighted by molar-refractivity contribution is -0.164. The monoisotopic (exact) mass is 431 g/mol. The molecule has 2 aromatic carbocycles. The Morgan fingerprint density at radius 1 is 1.10 bits per heavy atom. The summed E-state index contributed by atoms with van der Waals surface area (Å²) < 4.78 is 53.5. The maximum Gasteiger partial charge on any atom is 0.287 e. The number of aromatic nitrogens is 1. The van der Waals surface area contributed by atoms with Gasteiger partial charge in [0.15, 0.2) is 0 Å². The van der Waals surface area contributed by atoms with Gasteiger partial charge >= 0.3 is 0 Å². The summed E-state index contributed by atoms with van der Waals surface area (Å²) in [7, 11) is 0. The minimum atomic E-state index is -3.50. The van der Waals surface area contributed by atoms with Gasteiger partial charge in [-0.3, -0.25) is 4.79 Å². The van der Waals surface area contributed by atoms with Crippen molar-refractivity contribution in [3.05, 3.63) is 65.7 Å². The number of halogens is 4. The second-order valence-corrected chi connectivity index (χ2v) is 7.30. The Balaban J connectivity index is 1.88.